The lowest BCUT2D eigenvalue weighted by Gasteiger charge is -2.57. The summed E-state index contributed by atoms with van der Waals surface area (Å²) in [7, 11) is 0. The summed E-state index contributed by atoms with van der Waals surface area (Å²) in [4.78, 5) is 21.1. The molecule has 0 bridgehead atoms. The molecule has 2 fully saturated rings. The summed E-state index contributed by atoms with van der Waals surface area (Å²) < 4.78 is 27.7. The van der Waals surface area contributed by atoms with Crippen LogP contribution < -0.4 is 5.32 Å². The molecule has 0 radical (unpaired) electrons. The largest absolute Gasteiger partial charge is 0.395 e. The second-order valence-electron chi connectivity index (χ2n) is 9.15. The first kappa shape index (κ1) is 23.4. The molecule has 0 spiro atoms. The molecule has 2 amide bonds. The Hall–Kier alpha value is -3.36. The van der Waals surface area contributed by atoms with Crippen molar-refractivity contribution in [3.05, 3.63) is 84.2 Å². The number of pyridine rings is 1. The molecule has 3 aromatic rings. The number of urea groups is 1. The Bertz CT molecular complexity index is 1180. The lowest BCUT2D eigenvalue weighted by Crippen LogP contribution is -2.68. The van der Waals surface area contributed by atoms with Gasteiger partial charge in [-0.15, -0.1) is 0 Å². The van der Waals surface area contributed by atoms with Crippen LogP contribution in [0.4, 0.5) is 19.3 Å². The van der Waals surface area contributed by atoms with E-state index in [1.807, 2.05) is 18.3 Å². The van der Waals surface area contributed by atoms with E-state index in [-0.39, 0.29) is 30.3 Å². The molecular formula is C27H28F2N4O2. The van der Waals surface area contributed by atoms with Crippen LogP contribution in [0, 0.1) is 11.6 Å². The molecule has 0 aliphatic carbocycles. The second kappa shape index (κ2) is 10.1. The van der Waals surface area contributed by atoms with Crippen LogP contribution in [-0.4, -0.2) is 64.2 Å². The molecule has 2 aromatic carbocycles. The molecule has 35 heavy (non-hydrogen) atoms. The number of hydrogen-bond acceptors (Lipinski definition) is 4. The number of halogens is 2. The maximum atomic E-state index is 14.1. The molecule has 0 unspecified atom stereocenters. The number of hydrogen-bond donors (Lipinski definition) is 2. The molecule has 2 saturated heterocycles. The van der Waals surface area contributed by atoms with Crippen molar-refractivity contribution in [2.24, 2.45) is 0 Å². The molecule has 8 heteroatoms. The quantitative estimate of drug-likeness (QED) is 0.580. The van der Waals surface area contributed by atoms with Gasteiger partial charge in [0.1, 0.15) is 11.6 Å². The lowest BCUT2D eigenvalue weighted by molar-refractivity contribution is -0.0585. The number of rotatable bonds is 4. The number of anilines is 1. The lowest BCUT2D eigenvalue weighted by atomic mass is 9.74. The van der Waals surface area contributed by atoms with E-state index in [4.69, 9.17) is 0 Å². The molecular weight excluding hydrogens is 450 g/mol. The highest BCUT2D eigenvalue weighted by atomic mass is 19.1. The van der Waals surface area contributed by atoms with E-state index < -0.39 is 17.7 Å². The number of carbonyl (C=O) groups is 1. The van der Waals surface area contributed by atoms with Gasteiger partial charge in [0.2, 0.25) is 0 Å². The smallest absolute Gasteiger partial charge is 0.321 e. The topological polar surface area (TPSA) is 68.7 Å². The van der Waals surface area contributed by atoms with Crippen LogP contribution in [0.5, 0.6) is 0 Å². The standard InChI is InChI=1S/C27H28F2N4O2/c28-21-9-10-22(29)23(14-21)31-27(35)32-12-1-2-13-33-24(16-32)26(25(33)17-34)19-7-5-18(6-8-19)20-4-3-11-30-15-20/h3-11,14-15,24-26,34H,1-2,12-13,16-17H2,(H,31,35)/t24-,25-,26-/m1/s1. The first-order valence-corrected chi connectivity index (χ1v) is 11.9. The van der Waals surface area contributed by atoms with Gasteiger partial charge in [0.25, 0.3) is 0 Å². The summed E-state index contributed by atoms with van der Waals surface area (Å²) in [5, 5.41) is 12.7. The minimum atomic E-state index is -0.677. The highest BCUT2D eigenvalue weighted by molar-refractivity contribution is 5.89. The molecule has 5 rings (SSSR count). The number of amides is 2. The van der Waals surface area contributed by atoms with E-state index in [0.29, 0.717) is 13.1 Å². The highest BCUT2D eigenvalue weighted by Gasteiger charge is 2.49. The summed E-state index contributed by atoms with van der Waals surface area (Å²) in [6, 6.07) is 14.8. The Morgan fingerprint density at radius 3 is 2.60 bits per heavy atom. The number of nitrogens with zero attached hydrogens (tertiary/aromatic N) is 3. The fourth-order valence-electron chi connectivity index (χ4n) is 5.34. The van der Waals surface area contributed by atoms with Gasteiger partial charge in [0, 0.05) is 49.6 Å². The summed E-state index contributed by atoms with van der Waals surface area (Å²) in [6.45, 7) is 1.86. The summed E-state index contributed by atoms with van der Waals surface area (Å²) >= 11 is 0. The Morgan fingerprint density at radius 2 is 1.86 bits per heavy atom. The SMILES string of the molecule is O=C(Nc1cc(F)ccc1F)N1CCCCN2[C@H](CO)[C@H](c3ccc(-c4cccnc4)cc3)[C@H]2C1. The Labute approximate surface area is 203 Å². The number of aliphatic hydroxyl groups excluding tert-OH is 1. The molecule has 3 atom stereocenters. The average Bonchev–Trinajstić information content (AvgIpc) is 2.86. The summed E-state index contributed by atoms with van der Waals surface area (Å²) in [5.74, 6) is -1.23. The normalized spacial score (nSPS) is 22.5. The van der Waals surface area contributed by atoms with Crippen molar-refractivity contribution in [1.29, 1.82) is 0 Å². The molecule has 3 heterocycles. The maximum Gasteiger partial charge on any atom is 0.321 e. The zero-order valence-corrected chi connectivity index (χ0v) is 19.3. The van der Waals surface area contributed by atoms with Crippen LogP contribution in [0.1, 0.15) is 24.3 Å². The van der Waals surface area contributed by atoms with Gasteiger partial charge in [0.15, 0.2) is 0 Å². The molecule has 1 aromatic heterocycles. The van der Waals surface area contributed by atoms with Gasteiger partial charge in [-0.25, -0.2) is 13.6 Å². The van der Waals surface area contributed by atoms with Crippen molar-refractivity contribution >= 4 is 11.7 Å². The van der Waals surface area contributed by atoms with Gasteiger partial charge in [-0.05, 0) is 54.3 Å². The number of aromatic nitrogens is 1. The van der Waals surface area contributed by atoms with Crippen molar-refractivity contribution in [3.8, 4) is 11.1 Å². The molecule has 2 aliphatic heterocycles. The zero-order chi connectivity index (χ0) is 24.4. The fourth-order valence-corrected chi connectivity index (χ4v) is 5.34. The van der Waals surface area contributed by atoms with E-state index in [9.17, 15) is 18.7 Å². The second-order valence-corrected chi connectivity index (χ2v) is 9.15. The first-order valence-electron chi connectivity index (χ1n) is 11.9. The van der Waals surface area contributed by atoms with Crippen molar-refractivity contribution in [1.82, 2.24) is 14.8 Å². The van der Waals surface area contributed by atoms with Gasteiger partial charge in [0.05, 0.1) is 12.3 Å². The van der Waals surface area contributed by atoms with E-state index in [2.05, 4.69) is 39.5 Å². The molecule has 6 nitrogen and oxygen atoms in total. The molecule has 2 N–H and O–H groups in total. The van der Waals surface area contributed by atoms with Gasteiger partial charge >= 0.3 is 6.03 Å². The van der Waals surface area contributed by atoms with Crippen molar-refractivity contribution < 1.29 is 18.7 Å². The summed E-state index contributed by atoms with van der Waals surface area (Å²) in [5.41, 5.74) is 3.04. The van der Waals surface area contributed by atoms with Gasteiger partial charge < -0.3 is 15.3 Å². The third-order valence-corrected chi connectivity index (χ3v) is 7.12. The third-order valence-electron chi connectivity index (χ3n) is 7.12. The van der Waals surface area contributed by atoms with Crippen molar-refractivity contribution in [3.63, 3.8) is 0 Å². The number of aliphatic hydroxyl groups is 1. The van der Waals surface area contributed by atoms with Gasteiger partial charge in [-0.1, -0.05) is 30.3 Å². The van der Waals surface area contributed by atoms with Crippen LogP contribution in [-0.2, 0) is 0 Å². The molecule has 182 valence electrons. The number of carbonyl (C=O) groups excluding carboxylic acids is 1. The van der Waals surface area contributed by atoms with Gasteiger partial charge in [-0.3, -0.25) is 9.88 Å². The Morgan fingerprint density at radius 1 is 1.06 bits per heavy atom. The molecule has 2 aliphatic rings. The molecule has 0 saturated carbocycles. The first-order chi connectivity index (χ1) is 17.0. The monoisotopic (exact) mass is 478 g/mol. The third kappa shape index (κ3) is 4.76. The van der Waals surface area contributed by atoms with Crippen LogP contribution >= 0.6 is 0 Å². The minimum Gasteiger partial charge on any atom is -0.395 e. The van der Waals surface area contributed by atoms with Crippen LogP contribution in [0.3, 0.4) is 0 Å². The predicted molar refractivity (Wildman–Crippen MR) is 130 cm³/mol. The van der Waals surface area contributed by atoms with Crippen LogP contribution in [0.25, 0.3) is 11.1 Å². The van der Waals surface area contributed by atoms with E-state index >= 15 is 0 Å². The minimum absolute atomic E-state index is 0.0204. The summed E-state index contributed by atoms with van der Waals surface area (Å²) in [6.07, 6.45) is 5.25. The number of nitrogens with one attached hydrogen (secondary N) is 1. The highest BCUT2D eigenvalue weighted by Crippen LogP contribution is 2.42. The van der Waals surface area contributed by atoms with Crippen LogP contribution in [0.2, 0.25) is 0 Å². The van der Waals surface area contributed by atoms with Crippen LogP contribution in [0.15, 0.2) is 67.0 Å². The number of fused-ring (bicyclic) bond motifs is 1. The van der Waals surface area contributed by atoms with E-state index in [0.717, 1.165) is 54.3 Å². The Kier molecular flexibility index (Phi) is 6.74. The number of benzene rings is 2. The van der Waals surface area contributed by atoms with E-state index in [1.165, 1.54) is 0 Å². The average molecular weight is 479 g/mol. The van der Waals surface area contributed by atoms with Gasteiger partial charge in [-0.2, -0.15) is 0 Å². The Balaban J connectivity index is 1.35. The van der Waals surface area contributed by atoms with Crippen molar-refractivity contribution in [2.45, 2.75) is 30.8 Å². The zero-order valence-electron chi connectivity index (χ0n) is 19.3. The van der Waals surface area contributed by atoms with Crippen molar-refractivity contribution in [2.75, 3.05) is 31.6 Å². The fraction of sp³-hybridized carbons (Fsp3) is 0.333. The van der Waals surface area contributed by atoms with E-state index in [1.54, 1.807) is 11.1 Å². The maximum absolute atomic E-state index is 14.1. The predicted octanol–water partition coefficient (Wildman–Crippen LogP) is 4.48.